The first-order chi connectivity index (χ1) is 15.5. The number of aromatic nitrogens is 3. The molecule has 33 heavy (non-hydrogen) atoms. The van der Waals surface area contributed by atoms with Gasteiger partial charge in [-0.3, -0.25) is 14.4 Å². The van der Waals surface area contributed by atoms with Gasteiger partial charge in [-0.15, -0.1) is 0 Å². The summed E-state index contributed by atoms with van der Waals surface area (Å²) < 4.78 is 16.1. The highest BCUT2D eigenvalue weighted by Crippen LogP contribution is 2.26. The molecule has 2 amide bonds. The molecule has 0 atom stereocenters. The zero-order valence-corrected chi connectivity index (χ0v) is 19.5. The lowest BCUT2D eigenvalue weighted by Gasteiger charge is -2.18. The molecule has 0 fully saturated rings. The highest BCUT2D eigenvalue weighted by molar-refractivity contribution is 5.98. The maximum atomic E-state index is 13.3. The Kier molecular flexibility index (Phi) is 5.59. The molecule has 174 valence electrons. The van der Waals surface area contributed by atoms with Gasteiger partial charge in [0.15, 0.2) is 0 Å². The van der Waals surface area contributed by atoms with Gasteiger partial charge in [0.05, 0.1) is 17.8 Å². The van der Waals surface area contributed by atoms with Crippen LogP contribution >= 0.6 is 0 Å². The monoisotopic (exact) mass is 453 g/mol. The number of carbonyl (C=O) groups excluding carboxylic acids is 2. The van der Waals surface area contributed by atoms with Crippen molar-refractivity contribution in [1.29, 1.82) is 0 Å². The average Bonchev–Trinajstić information content (AvgIpc) is 3.30. The Labute approximate surface area is 191 Å². The number of fused-ring (bicyclic) bond motifs is 2. The first-order valence-corrected chi connectivity index (χ1v) is 11.0. The average molecular weight is 454 g/mol. The molecular formula is C24H28FN5O3. The molecule has 9 heteroatoms. The van der Waals surface area contributed by atoms with E-state index in [0.717, 1.165) is 0 Å². The minimum absolute atomic E-state index is 0.186. The number of amides is 2. The van der Waals surface area contributed by atoms with Crippen molar-refractivity contribution < 1.29 is 14.0 Å². The maximum absolute atomic E-state index is 13.3. The summed E-state index contributed by atoms with van der Waals surface area (Å²) in [6.07, 6.45) is 0. The maximum Gasteiger partial charge on any atom is 0.280 e. The third-order valence-corrected chi connectivity index (χ3v) is 5.60. The van der Waals surface area contributed by atoms with Crippen molar-refractivity contribution in [1.82, 2.24) is 19.1 Å². The predicted octanol–water partition coefficient (Wildman–Crippen LogP) is 3.18. The third kappa shape index (κ3) is 4.27. The van der Waals surface area contributed by atoms with E-state index < -0.39 is 11.7 Å². The highest BCUT2D eigenvalue weighted by Gasteiger charge is 2.35. The summed E-state index contributed by atoms with van der Waals surface area (Å²) in [5, 5.41) is 7.24. The molecule has 2 aromatic heterocycles. The number of hydrogen-bond donors (Lipinski definition) is 1. The van der Waals surface area contributed by atoms with Crippen LogP contribution < -0.4 is 10.9 Å². The normalized spacial score (nSPS) is 13.8. The van der Waals surface area contributed by atoms with Gasteiger partial charge in [0.1, 0.15) is 23.7 Å². The van der Waals surface area contributed by atoms with Gasteiger partial charge in [0.2, 0.25) is 5.91 Å². The third-order valence-electron chi connectivity index (χ3n) is 5.60. The smallest absolute Gasteiger partial charge is 0.280 e. The summed E-state index contributed by atoms with van der Waals surface area (Å²) >= 11 is 0. The molecule has 0 saturated carbocycles. The van der Waals surface area contributed by atoms with Crippen LogP contribution in [0.1, 0.15) is 56.4 Å². The van der Waals surface area contributed by atoms with Crippen molar-refractivity contribution in [3.63, 3.8) is 0 Å². The van der Waals surface area contributed by atoms with Crippen molar-refractivity contribution in [2.75, 3.05) is 11.9 Å². The second kappa shape index (κ2) is 8.13. The molecule has 0 aliphatic carbocycles. The first kappa shape index (κ1) is 22.7. The Bertz CT molecular complexity index is 1300. The van der Waals surface area contributed by atoms with Gasteiger partial charge in [-0.25, -0.2) is 4.39 Å². The number of carbonyl (C=O) groups is 2. The largest absolute Gasteiger partial charge is 0.332 e. The molecule has 1 N–H and O–H groups in total. The molecule has 0 saturated heterocycles. The Balaban J connectivity index is 1.81. The molecule has 0 radical (unpaired) electrons. The van der Waals surface area contributed by atoms with Crippen LogP contribution in [0.2, 0.25) is 0 Å². The first-order valence-electron chi connectivity index (χ1n) is 11.0. The van der Waals surface area contributed by atoms with Crippen molar-refractivity contribution in [2.24, 2.45) is 5.92 Å². The quantitative estimate of drug-likeness (QED) is 0.643. The molecule has 3 heterocycles. The van der Waals surface area contributed by atoms with Crippen molar-refractivity contribution in [3.05, 3.63) is 63.5 Å². The van der Waals surface area contributed by atoms with Crippen molar-refractivity contribution in [2.45, 2.75) is 53.1 Å². The summed E-state index contributed by atoms with van der Waals surface area (Å²) in [4.78, 5) is 41.1. The molecule has 3 aromatic rings. The van der Waals surface area contributed by atoms with E-state index in [4.69, 9.17) is 0 Å². The summed E-state index contributed by atoms with van der Waals surface area (Å²) in [6, 6.07) is 7.19. The zero-order valence-electron chi connectivity index (χ0n) is 19.5. The minimum Gasteiger partial charge on any atom is -0.332 e. The standard InChI is InChI=1S/C24H28FN5O3/c1-14(2)11-28-12-17-21(23(28)33)29(13-19(31)26-16-8-6-15(25)7-9-16)20-10-18(24(3,4)5)27-30(20)22(17)32/h6-10,14H,11-13H2,1-5H3,(H,26,31). The van der Waals surface area contributed by atoms with E-state index >= 15 is 0 Å². The van der Waals surface area contributed by atoms with E-state index in [-0.39, 0.29) is 41.6 Å². The van der Waals surface area contributed by atoms with Gasteiger partial charge in [0.25, 0.3) is 11.5 Å². The molecular weight excluding hydrogens is 425 g/mol. The molecule has 8 nitrogen and oxygen atoms in total. The molecule has 4 rings (SSSR count). The Morgan fingerprint density at radius 1 is 1.18 bits per heavy atom. The predicted molar refractivity (Wildman–Crippen MR) is 123 cm³/mol. The van der Waals surface area contributed by atoms with Crippen LogP contribution in [-0.2, 0) is 23.3 Å². The van der Waals surface area contributed by atoms with E-state index in [1.165, 1.54) is 28.8 Å². The van der Waals surface area contributed by atoms with Gasteiger partial charge >= 0.3 is 0 Å². The second-order valence-corrected chi connectivity index (χ2v) is 9.90. The number of rotatable bonds is 5. The van der Waals surface area contributed by atoms with E-state index in [9.17, 15) is 18.8 Å². The number of benzene rings is 1. The van der Waals surface area contributed by atoms with E-state index in [0.29, 0.717) is 29.1 Å². The SMILES string of the molecule is CC(C)CN1Cc2c(n(CC(=O)Nc3ccc(F)cc3)c3cc(C(C)(C)C)nn3c2=O)C1=O. The molecule has 1 aromatic carbocycles. The second-order valence-electron chi connectivity index (χ2n) is 9.90. The van der Waals surface area contributed by atoms with Crippen LogP contribution in [0.25, 0.3) is 5.65 Å². The van der Waals surface area contributed by atoms with E-state index in [1.54, 1.807) is 15.5 Å². The lowest BCUT2D eigenvalue weighted by molar-refractivity contribution is -0.116. The molecule has 0 bridgehead atoms. The fraction of sp³-hybridized carbons (Fsp3) is 0.417. The van der Waals surface area contributed by atoms with Crippen LogP contribution in [0.3, 0.4) is 0 Å². The molecule has 0 spiro atoms. The highest BCUT2D eigenvalue weighted by atomic mass is 19.1. The fourth-order valence-corrected chi connectivity index (χ4v) is 4.01. The lowest BCUT2D eigenvalue weighted by Crippen LogP contribution is -2.30. The van der Waals surface area contributed by atoms with Gasteiger partial charge in [-0.2, -0.15) is 9.61 Å². The van der Waals surface area contributed by atoms with Gasteiger partial charge in [-0.05, 0) is 30.2 Å². The molecule has 1 aliphatic heterocycles. The van der Waals surface area contributed by atoms with Crippen LogP contribution in [-0.4, -0.2) is 37.4 Å². The molecule has 0 unspecified atom stereocenters. The summed E-state index contributed by atoms with van der Waals surface area (Å²) in [6.45, 7) is 10.4. The van der Waals surface area contributed by atoms with Crippen molar-refractivity contribution in [3.8, 4) is 0 Å². The summed E-state index contributed by atoms with van der Waals surface area (Å²) in [5.41, 5.74) is 1.40. The van der Waals surface area contributed by atoms with Crippen LogP contribution in [0.5, 0.6) is 0 Å². The Morgan fingerprint density at radius 3 is 2.45 bits per heavy atom. The molecule has 1 aliphatic rings. The van der Waals surface area contributed by atoms with E-state index in [1.807, 2.05) is 34.6 Å². The van der Waals surface area contributed by atoms with Crippen LogP contribution in [0.15, 0.2) is 35.1 Å². The number of hydrogen-bond acceptors (Lipinski definition) is 4. The topological polar surface area (TPSA) is 88.7 Å². The minimum atomic E-state index is -0.405. The Morgan fingerprint density at radius 2 is 1.85 bits per heavy atom. The zero-order chi connectivity index (χ0) is 24.1. The van der Waals surface area contributed by atoms with Gasteiger partial charge < -0.3 is 14.8 Å². The van der Waals surface area contributed by atoms with Crippen molar-refractivity contribution >= 4 is 23.1 Å². The Hall–Kier alpha value is -3.49. The van der Waals surface area contributed by atoms with Gasteiger partial charge in [0, 0.05) is 23.7 Å². The number of halogens is 1. The van der Waals surface area contributed by atoms with Crippen LogP contribution in [0.4, 0.5) is 10.1 Å². The van der Waals surface area contributed by atoms with Gasteiger partial charge in [-0.1, -0.05) is 34.6 Å². The van der Waals surface area contributed by atoms with Crippen LogP contribution in [0, 0.1) is 11.7 Å². The van der Waals surface area contributed by atoms with E-state index in [2.05, 4.69) is 10.4 Å². The summed E-state index contributed by atoms with van der Waals surface area (Å²) in [5.74, 6) is -0.850. The number of nitrogens with zero attached hydrogens (tertiary/aromatic N) is 4. The number of nitrogens with one attached hydrogen (secondary N) is 1. The fourth-order valence-electron chi connectivity index (χ4n) is 4.01. The lowest BCUT2D eigenvalue weighted by atomic mass is 9.93. The summed E-state index contributed by atoms with van der Waals surface area (Å²) in [7, 11) is 0. The number of anilines is 1.